The fourth-order valence-corrected chi connectivity index (χ4v) is 4.95. The van der Waals surface area contributed by atoms with Crippen LogP contribution in [0.1, 0.15) is 31.0 Å². The van der Waals surface area contributed by atoms with Crippen molar-refractivity contribution in [3.8, 4) is 0 Å². The zero-order valence-corrected chi connectivity index (χ0v) is 21.9. The number of aliphatic imine (C=N–C) groups is 1. The van der Waals surface area contributed by atoms with Crippen molar-refractivity contribution < 1.29 is 4.74 Å². The maximum Gasteiger partial charge on any atom is 0.193 e. The number of nitrogens with one attached hydrogen (secondary N) is 1. The molecule has 32 heavy (non-hydrogen) atoms. The number of guanidine groups is 1. The van der Waals surface area contributed by atoms with Crippen molar-refractivity contribution in [2.75, 3.05) is 53.0 Å². The van der Waals surface area contributed by atoms with Gasteiger partial charge in [-0.1, -0.05) is 36.7 Å². The van der Waals surface area contributed by atoms with Gasteiger partial charge in [0.1, 0.15) is 0 Å². The van der Waals surface area contributed by atoms with E-state index in [1.165, 1.54) is 0 Å². The first-order valence-corrected chi connectivity index (χ1v) is 11.5. The maximum absolute atomic E-state index is 6.59. The molecule has 4 rings (SSSR count). The number of benzene rings is 1. The molecule has 9 heteroatoms. The highest BCUT2D eigenvalue weighted by Gasteiger charge is 2.30. The van der Waals surface area contributed by atoms with E-state index in [0.29, 0.717) is 12.0 Å². The average molecular weight is 573 g/mol. The topological polar surface area (TPSA) is 57.9 Å². The van der Waals surface area contributed by atoms with Gasteiger partial charge in [-0.25, -0.2) is 4.98 Å². The fourth-order valence-electron chi connectivity index (χ4n) is 4.69. The highest BCUT2D eigenvalue weighted by atomic mass is 127. The van der Waals surface area contributed by atoms with Crippen LogP contribution in [0, 0.1) is 5.92 Å². The van der Waals surface area contributed by atoms with Crippen LogP contribution in [0.2, 0.25) is 5.02 Å². The number of morpholine rings is 1. The lowest BCUT2D eigenvalue weighted by atomic mass is 9.93. The van der Waals surface area contributed by atoms with Crippen LogP contribution in [-0.2, 0) is 4.74 Å². The maximum atomic E-state index is 6.59. The van der Waals surface area contributed by atoms with Crippen molar-refractivity contribution in [3.05, 3.63) is 53.6 Å². The van der Waals surface area contributed by atoms with Crippen LogP contribution >= 0.6 is 35.6 Å². The van der Waals surface area contributed by atoms with Crippen LogP contribution < -0.4 is 5.32 Å². The standard InChI is InChI=1S/C23H33ClN6O.HI/c1-18-7-9-29(16-22(18)30-10-8-26-17-30)23(25-2)27-15-21(28-11-13-31-14-12-28)19-5-3-4-6-20(19)24;/h3-6,8,10,17-18,21-22H,7,9,11-16H2,1-2H3,(H,25,27);1H. The van der Waals surface area contributed by atoms with Crippen LogP contribution in [0.15, 0.2) is 48.0 Å². The SMILES string of the molecule is CN=C(NCC(c1ccccc1Cl)N1CCOCC1)N1CCC(C)C(n2ccnc2)C1.I. The number of ether oxygens (including phenoxy) is 1. The van der Waals surface area contributed by atoms with E-state index in [1.54, 1.807) is 0 Å². The summed E-state index contributed by atoms with van der Waals surface area (Å²) >= 11 is 6.59. The molecule has 1 aromatic heterocycles. The second-order valence-electron chi connectivity index (χ2n) is 8.40. The van der Waals surface area contributed by atoms with Gasteiger partial charge in [0.15, 0.2) is 5.96 Å². The molecule has 2 saturated heterocycles. The monoisotopic (exact) mass is 572 g/mol. The second kappa shape index (κ2) is 12.2. The first-order chi connectivity index (χ1) is 15.2. The number of aromatic nitrogens is 2. The number of likely N-dealkylation sites (tertiary alicyclic amines) is 1. The molecule has 2 aliphatic rings. The molecular weight excluding hydrogens is 539 g/mol. The number of halogens is 2. The molecule has 0 spiro atoms. The summed E-state index contributed by atoms with van der Waals surface area (Å²) < 4.78 is 7.81. The largest absolute Gasteiger partial charge is 0.379 e. The van der Waals surface area contributed by atoms with E-state index in [1.807, 2.05) is 31.7 Å². The van der Waals surface area contributed by atoms with Gasteiger partial charge in [0.05, 0.1) is 31.6 Å². The lowest BCUT2D eigenvalue weighted by Gasteiger charge is -2.40. The predicted octanol–water partition coefficient (Wildman–Crippen LogP) is 3.69. The quantitative estimate of drug-likeness (QED) is 0.337. The minimum atomic E-state index is 0. The van der Waals surface area contributed by atoms with Gasteiger partial charge in [0.2, 0.25) is 0 Å². The van der Waals surface area contributed by atoms with Gasteiger partial charge in [0, 0.05) is 57.2 Å². The summed E-state index contributed by atoms with van der Waals surface area (Å²) in [7, 11) is 1.87. The van der Waals surface area contributed by atoms with E-state index in [9.17, 15) is 0 Å². The summed E-state index contributed by atoms with van der Waals surface area (Å²) in [6, 6.07) is 8.71. The Morgan fingerprint density at radius 2 is 2.06 bits per heavy atom. The van der Waals surface area contributed by atoms with Gasteiger partial charge in [-0.15, -0.1) is 24.0 Å². The third kappa shape index (κ3) is 5.95. The van der Waals surface area contributed by atoms with Crippen molar-refractivity contribution in [1.29, 1.82) is 0 Å². The van der Waals surface area contributed by atoms with E-state index in [0.717, 1.165) is 68.9 Å². The van der Waals surface area contributed by atoms with Crippen LogP contribution in [0.5, 0.6) is 0 Å². The molecule has 0 bridgehead atoms. The number of rotatable bonds is 5. The molecule has 2 aromatic rings. The Balaban J connectivity index is 0.00000289. The van der Waals surface area contributed by atoms with E-state index in [4.69, 9.17) is 16.3 Å². The van der Waals surface area contributed by atoms with Crippen LogP contribution in [0.25, 0.3) is 0 Å². The lowest BCUT2D eigenvalue weighted by Crippen LogP contribution is -2.51. The first-order valence-electron chi connectivity index (χ1n) is 11.2. The molecule has 176 valence electrons. The summed E-state index contributed by atoms with van der Waals surface area (Å²) in [5.74, 6) is 1.55. The highest BCUT2D eigenvalue weighted by Crippen LogP contribution is 2.29. The minimum absolute atomic E-state index is 0. The molecule has 7 nitrogen and oxygen atoms in total. The van der Waals surface area contributed by atoms with Crippen LogP contribution in [0.3, 0.4) is 0 Å². The van der Waals surface area contributed by atoms with Gasteiger partial charge < -0.3 is 19.5 Å². The van der Waals surface area contributed by atoms with E-state index >= 15 is 0 Å². The van der Waals surface area contributed by atoms with E-state index < -0.39 is 0 Å². The number of hydrogen-bond acceptors (Lipinski definition) is 4. The predicted molar refractivity (Wildman–Crippen MR) is 140 cm³/mol. The molecule has 3 unspecified atom stereocenters. The molecule has 2 fully saturated rings. The van der Waals surface area contributed by atoms with Crippen molar-refractivity contribution in [2.24, 2.45) is 10.9 Å². The van der Waals surface area contributed by atoms with Gasteiger partial charge in [0.25, 0.3) is 0 Å². The van der Waals surface area contributed by atoms with Gasteiger partial charge >= 0.3 is 0 Å². The van der Waals surface area contributed by atoms with E-state index in [-0.39, 0.29) is 30.0 Å². The summed E-state index contributed by atoms with van der Waals surface area (Å²) in [5, 5.41) is 4.46. The number of hydrogen-bond donors (Lipinski definition) is 1. The number of nitrogens with zero attached hydrogens (tertiary/aromatic N) is 5. The zero-order chi connectivity index (χ0) is 21.6. The molecule has 0 radical (unpaired) electrons. The Morgan fingerprint density at radius 3 is 2.75 bits per heavy atom. The molecule has 2 aliphatic heterocycles. The zero-order valence-electron chi connectivity index (χ0n) is 18.9. The minimum Gasteiger partial charge on any atom is -0.379 e. The Bertz CT molecular complexity index is 858. The molecule has 0 aliphatic carbocycles. The third-order valence-electron chi connectivity index (χ3n) is 6.54. The normalized spacial score (nSPS) is 23.5. The summed E-state index contributed by atoms with van der Waals surface area (Å²) in [4.78, 5) is 13.7. The molecule has 0 amide bonds. The molecule has 1 aromatic carbocycles. The van der Waals surface area contributed by atoms with Crippen LogP contribution in [0.4, 0.5) is 0 Å². The Kier molecular flexibility index (Phi) is 9.63. The van der Waals surface area contributed by atoms with Crippen molar-refractivity contribution in [3.63, 3.8) is 0 Å². The Hall–Kier alpha value is -1.36. The third-order valence-corrected chi connectivity index (χ3v) is 6.89. The average Bonchev–Trinajstić information content (AvgIpc) is 3.34. The Labute approximate surface area is 213 Å². The Morgan fingerprint density at radius 1 is 1.28 bits per heavy atom. The van der Waals surface area contributed by atoms with Crippen LogP contribution in [-0.4, -0.2) is 78.3 Å². The van der Waals surface area contributed by atoms with E-state index in [2.05, 4.69) is 54.9 Å². The number of piperidine rings is 1. The molecule has 0 saturated carbocycles. The van der Waals surface area contributed by atoms with Gasteiger partial charge in [-0.3, -0.25) is 9.89 Å². The molecule has 3 atom stereocenters. The van der Waals surface area contributed by atoms with Gasteiger partial charge in [-0.05, 0) is 24.0 Å². The summed E-state index contributed by atoms with van der Waals surface area (Å²) in [6.45, 7) is 8.31. The number of imidazole rings is 1. The molecular formula is C23H34ClIN6O. The van der Waals surface area contributed by atoms with Crippen molar-refractivity contribution >= 4 is 41.5 Å². The van der Waals surface area contributed by atoms with Gasteiger partial charge in [-0.2, -0.15) is 0 Å². The summed E-state index contributed by atoms with van der Waals surface area (Å²) in [6.07, 6.45) is 6.97. The van der Waals surface area contributed by atoms with Crippen molar-refractivity contribution in [1.82, 2.24) is 24.7 Å². The fraction of sp³-hybridized carbons (Fsp3) is 0.565. The second-order valence-corrected chi connectivity index (χ2v) is 8.81. The summed E-state index contributed by atoms with van der Waals surface area (Å²) in [5.41, 5.74) is 1.15. The smallest absolute Gasteiger partial charge is 0.193 e. The molecule has 1 N–H and O–H groups in total. The molecule has 3 heterocycles. The van der Waals surface area contributed by atoms with Crippen molar-refractivity contribution in [2.45, 2.75) is 25.4 Å². The lowest BCUT2D eigenvalue weighted by molar-refractivity contribution is 0.0168. The first kappa shape index (κ1) is 25.3. The highest BCUT2D eigenvalue weighted by molar-refractivity contribution is 14.0.